The van der Waals surface area contributed by atoms with E-state index in [0.29, 0.717) is 5.69 Å². The fraction of sp³-hybridized carbons (Fsp3) is 0. The molecule has 0 aliphatic heterocycles. The third-order valence-corrected chi connectivity index (χ3v) is 2.86. The minimum atomic E-state index is -3.84. The summed E-state index contributed by atoms with van der Waals surface area (Å²) in [6.07, 6.45) is 0. The summed E-state index contributed by atoms with van der Waals surface area (Å²) < 4.78 is 30.5. The van der Waals surface area contributed by atoms with Gasteiger partial charge in [-0.25, -0.2) is 0 Å². The van der Waals surface area contributed by atoms with E-state index in [1.54, 1.807) is 60.7 Å². The summed E-state index contributed by atoms with van der Waals surface area (Å²) >= 11 is 0. The summed E-state index contributed by atoms with van der Waals surface area (Å²) in [7, 11) is -3.84. The Morgan fingerprint density at radius 1 is 0.824 bits per heavy atom. The van der Waals surface area contributed by atoms with Crippen LogP contribution in [0.4, 0.5) is 5.69 Å². The molecule has 0 atom stereocenters. The number of hydrogen-bond acceptors (Lipinski definition) is 3. The predicted octanol–water partition coefficient (Wildman–Crippen LogP) is 2.42. The van der Waals surface area contributed by atoms with Crippen LogP contribution in [0.15, 0.2) is 60.7 Å². The van der Waals surface area contributed by atoms with E-state index in [9.17, 15) is 8.42 Å². The second-order valence-corrected chi connectivity index (χ2v) is 4.60. The third kappa shape index (κ3) is 3.49. The Hall–Kier alpha value is -2.01. The lowest BCUT2D eigenvalue weighted by molar-refractivity contribution is 0.492. The Bertz CT molecular complexity index is 520. The number of rotatable bonds is 4. The van der Waals surface area contributed by atoms with E-state index < -0.39 is 10.3 Å². The first-order valence-electron chi connectivity index (χ1n) is 4.98. The smallest absolute Gasteiger partial charge is 0.367 e. The molecule has 5 heteroatoms. The van der Waals surface area contributed by atoms with Gasteiger partial charge in [-0.2, -0.15) is 8.42 Å². The molecule has 0 radical (unpaired) electrons. The van der Waals surface area contributed by atoms with Crippen molar-refractivity contribution in [2.24, 2.45) is 0 Å². The largest absolute Gasteiger partial charge is 0.407 e. The Balaban J connectivity index is 2.11. The zero-order chi connectivity index (χ0) is 12.1. The molecule has 0 aromatic heterocycles. The molecule has 2 aromatic rings. The van der Waals surface area contributed by atoms with Crippen molar-refractivity contribution in [1.82, 2.24) is 0 Å². The van der Waals surface area contributed by atoms with Crippen LogP contribution in [-0.2, 0) is 10.3 Å². The fourth-order valence-corrected chi connectivity index (χ4v) is 2.10. The molecular weight excluding hydrogens is 238 g/mol. The SMILES string of the molecule is O=S(=O)(Nc1ccccc1)Oc1ccccc1. The maximum Gasteiger partial charge on any atom is 0.407 e. The van der Waals surface area contributed by atoms with Crippen molar-refractivity contribution in [3.05, 3.63) is 60.7 Å². The third-order valence-electron chi connectivity index (χ3n) is 1.97. The van der Waals surface area contributed by atoms with Crippen molar-refractivity contribution < 1.29 is 12.6 Å². The van der Waals surface area contributed by atoms with Gasteiger partial charge in [-0.3, -0.25) is 4.72 Å². The van der Waals surface area contributed by atoms with Gasteiger partial charge in [-0.05, 0) is 24.3 Å². The van der Waals surface area contributed by atoms with E-state index in [0.717, 1.165) is 0 Å². The van der Waals surface area contributed by atoms with Crippen molar-refractivity contribution in [3.63, 3.8) is 0 Å². The van der Waals surface area contributed by atoms with Gasteiger partial charge in [0.1, 0.15) is 5.75 Å². The summed E-state index contributed by atoms with van der Waals surface area (Å²) in [6.45, 7) is 0. The second-order valence-electron chi connectivity index (χ2n) is 3.32. The highest BCUT2D eigenvalue weighted by Gasteiger charge is 2.11. The summed E-state index contributed by atoms with van der Waals surface area (Å²) in [6, 6.07) is 16.9. The van der Waals surface area contributed by atoms with Crippen LogP contribution in [-0.4, -0.2) is 8.42 Å². The first-order chi connectivity index (χ1) is 8.16. The molecule has 4 nitrogen and oxygen atoms in total. The molecular formula is C12H11NO3S. The van der Waals surface area contributed by atoms with E-state index in [1.807, 2.05) is 0 Å². The quantitative estimate of drug-likeness (QED) is 0.905. The lowest BCUT2D eigenvalue weighted by atomic mass is 10.3. The maximum atomic E-state index is 11.6. The van der Waals surface area contributed by atoms with Gasteiger partial charge in [-0.1, -0.05) is 36.4 Å². The van der Waals surface area contributed by atoms with Gasteiger partial charge in [0.15, 0.2) is 0 Å². The van der Waals surface area contributed by atoms with Crippen LogP contribution in [0, 0.1) is 0 Å². The molecule has 0 saturated heterocycles. The van der Waals surface area contributed by atoms with Crippen molar-refractivity contribution >= 4 is 16.0 Å². The normalized spacial score (nSPS) is 10.8. The zero-order valence-electron chi connectivity index (χ0n) is 8.91. The molecule has 0 saturated carbocycles. The minimum absolute atomic E-state index is 0.274. The Morgan fingerprint density at radius 2 is 1.35 bits per heavy atom. The lowest BCUT2D eigenvalue weighted by Crippen LogP contribution is -2.18. The highest BCUT2D eigenvalue weighted by molar-refractivity contribution is 7.88. The van der Waals surface area contributed by atoms with Gasteiger partial charge < -0.3 is 4.18 Å². The van der Waals surface area contributed by atoms with E-state index in [2.05, 4.69) is 4.72 Å². The standard InChI is InChI=1S/C12H11NO3S/c14-17(15,13-11-7-3-1-4-8-11)16-12-9-5-2-6-10-12/h1-10,13H. The van der Waals surface area contributed by atoms with Crippen molar-refractivity contribution in [3.8, 4) is 5.75 Å². The minimum Gasteiger partial charge on any atom is -0.367 e. The summed E-state index contributed by atoms with van der Waals surface area (Å²) in [5.41, 5.74) is 0.462. The second kappa shape index (κ2) is 4.88. The van der Waals surface area contributed by atoms with Gasteiger partial charge >= 0.3 is 10.3 Å². The highest BCUT2D eigenvalue weighted by atomic mass is 32.2. The van der Waals surface area contributed by atoms with Crippen LogP contribution in [0.2, 0.25) is 0 Å². The molecule has 2 rings (SSSR count). The number of benzene rings is 2. The van der Waals surface area contributed by atoms with Crippen molar-refractivity contribution in [1.29, 1.82) is 0 Å². The van der Waals surface area contributed by atoms with Gasteiger partial charge in [0, 0.05) is 0 Å². The Labute approximate surface area is 100 Å². The van der Waals surface area contributed by atoms with Crippen LogP contribution in [0.25, 0.3) is 0 Å². The molecule has 1 N–H and O–H groups in total. The molecule has 0 fully saturated rings. The first-order valence-corrected chi connectivity index (χ1v) is 6.39. The number of hydrogen-bond donors (Lipinski definition) is 1. The predicted molar refractivity (Wildman–Crippen MR) is 66.1 cm³/mol. The van der Waals surface area contributed by atoms with Crippen LogP contribution in [0.1, 0.15) is 0 Å². The highest BCUT2D eigenvalue weighted by Crippen LogP contribution is 2.14. The number of para-hydroxylation sites is 2. The van der Waals surface area contributed by atoms with E-state index in [1.165, 1.54) is 0 Å². The molecule has 17 heavy (non-hydrogen) atoms. The zero-order valence-corrected chi connectivity index (χ0v) is 9.72. The van der Waals surface area contributed by atoms with Gasteiger partial charge in [0.05, 0.1) is 5.69 Å². The van der Waals surface area contributed by atoms with E-state index in [4.69, 9.17) is 4.18 Å². The van der Waals surface area contributed by atoms with Crippen LogP contribution >= 0.6 is 0 Å². The van der Waals surface area contributed by atoms with Gasteiger partial charge in [0.25, 0.3) is 0 Å². The molecule has 0 aliphatic rings. The fourth-order valence-electron chi connectivity index (χ4n) is 1.27. The number of nitrogens with one attached hydrogen (secondary N) is 1. The molecule has 0 unspecified atom stereocenters. The molecule has 0 heterocycles. The molecule has 2 aromatic carbocycles. The summed E-state index contributed by atoms with van der Waals surface area (Å²) in [5.74, 6) is 0.274. The topological polar surface area (TPSA) is 55.4 Å². The molecule has 0 aliphatic carbocycles. The Kier molecular flexibility index (Phi) is 3.30. The van der Waals surface area contributed by atoms with E-state index in [-0.39, 0.29) is 5.75 Å². The Morgan fingerprint density at radius 3 is 1.94 bits per heavy atom. The number of anilines is 1. The monoisotopic (exact) mass is 249 g/mol. The van der Waals surface area contributed by atoms with Crippen molar-refractivity contribution in [2.45, 2.75) is 0 Å². The van der Waals surface area contributed by atoms with Crippen LogP contribution in [0.5, 0.6) is 5.75 Å². The lowest BCUT2D eigenvalue weighted by Gasteiger charge is -2.08. The average Bonchev–Trinajstić information content (AvgIpc) is 2.30. The van der Waals surface area contributed by atoms with E-state index >= 15 is 0 Å². The molecule has 0 bridgehead atoms. The molecule has 88 valence electrons. The van der Waals surface area contributed by atoms with Gasteiger partial charge in [-0.15, -0.1) is 0 Å². The maximum absolute atomic E-state index is 11.6. The molecule has 0 spiro atoms. The van der Waals surface area contributed by atoms with Gasteiger partial charge in [0.2, 0.25) is 0 Å². The van der Waals surface area contributed by atoms with Crippen molar-refractivity contribution in [2.75, 3.05) is 4.72 Å². The molecule has 0 amide bonds. The van der Waals surface area contributed by atoms with Crippen LogP contribution < -0.4 is 8.91 Å². The van der Waals surface area contributed by atoms with Crippen LogP contribution in [0.3, 0.4) is 0 Å². The first kappa shape index (κ1) is 11.5. The average molecular weight is 249 g/mol. The summed E-state index contributed by atoms with van der Waals surface area (Å²) in [5, 5.41) is 0. The summed E-state index contributed by atoms with van der Waals surface area (Å²) in [4.78, 5) is 0.